The molecule has 124 heavy (non-hydrogen) atoms. The van der Waals surface area contributed by atoms with Gasteiger partial charge < -0.3 is 48.0 Å². The number of anilines is 2. The predicted octanol–water partition coefficient (Wildman–Crippen LogP) is 22.9. The van der Waals surface area contributed by atoms with Gasteiger partial charge in [0.25, 0.3) is 5.91 Å². The lowest BCUT2D eigenvalue weighted by Crippen LogP contribution is -2.34. The van der Waals surface area contributed by atoms with Crippen LogP contribution in [-0.4, -0.2) is 98.9 Å². The number of methoxy groups -OCH3 is 2. The first-order chi connectivity index (χ1) is 60.7. The minimum Gasteiger partial charge on any atom is -0.493 e. The van der Waals surface area contributed by atoms with Gasteiger partial charge >= 0.3 is 0 Å². The highest BCUT2D eigenvalue weighted by Crippen LogP contribution is 2.34. The number of aromatic nitrogens is 6. The first kappa shape index (κ1) is 88.4. The fraction of sp³-hybridized carbons (Fsp3) is 0.147. The molecule has 0 aliphatic carbocycles. The summed E-state index contributed by atoms with van der Waals surface area (Å²) in [5.41, 5.74) is 16.6. The second-order valence-electron chi connectivity index (χ2n) is 28.0. The number of allylic oxidation sites excluding steroid dienone is 2. The van der Waals surface area contributed by atoms with E-state index in [-0.39, 0.29) is 22.6 Å². The second kappa shape index (κ2) is 46.1. The maximum Gasteiger partial charge on any atom is 0.257 e. The zero-order valence-corrected chi connectivity index (χ0v) is 71.3. The van der Waals surface area contributed by atoms with Crippen LogP contribution in [0.25, 0.3) is 66.7 Å². The molecule has 0 fully saturated rings. The van der Waals surface area contributed by atoms with Gasteiger partial charge in [0.2, 0.25) is 5.89 Å². The minimum atomic E-state index is -0.262. The Labute approximate surface area is 731 Å². The molecule has 0 unspecified atom stereocenters. The molecule has 626 valence electrons. The van der Waals surface area contributed by atoms with Crippen molar-refractivity contribution in [3.63, 3.8) is 0 Å². The van der Waals surface area contributed by atoms with E-state index in [0.29, 0.717) is 83.7 Å². The largest absolute Gasteiger partial charge is 0.493 e. The molecule has 0 saturated heterocycles. The van der Waals surface area contributed by atoms with Crippen LogP contribution in [0.4, 0.5) is 10.8 Å². The third-order valence-electron chi connectivity index (χ3n) is 19.2. The summed E-state index contributed by atoms with van der Waals surface area (Å²) in [6.07, 6.45) is 11.8. The Kier molecular flexibility index (Phi) is 32.8. The van der Waals surface area contributed by atoms with Gasteiger partial charge in [-0.2, -0.15) is 5.10 Å². The number of thiazole rings is 1. The van der Waals surface area contributed by atoms with Crippen LogP contribution in [0, 0.1) is 0 Å². The summed E-state index contributed by atoms with van der Waals surface area (Å²) in [6.45, 7) is 16.5. The van der Waals surface area contributed by atoms with Gasteiger partial charge in [0.1, 0.15) is 42.9 Å². The number of hydrogen-bond donors (Lipinski definition) is 3. The first-order valence-corrected chi connectivity index (χ1v) is 41.7. The van der Waals surface area contributed by atoms with Crippen molar-refractivity contribution >= 4 is 96.1 Å². The Morgan fingerprint density at radius 1 is 0.524 bits per heavy atom. The molecule has 20 nitrogen and oxygen atoms in total. The summed E-state index contributed by atoms with van der Waals surface area (Å²) < 4.78 is 43.6. The van der Waals surface area contributed by atoms with Gasteiger partial charge in [0.05, 0.1) is 44.9 Å². The molecule has 0 bridgehead atoms. The molecule has 0 aliphatic rings. The van der Waals surface area contributed by atoms with Crippen LogP contribution in [0.5, 0.6) is 34.5 Å². The van der Waals surface area contributed by atoms with Crippen molar-refractivity contribution in [2.45, 2.75) is 59.5 Å². The number of fused-ring (bicyclic) bond motifs is 4. The summed E-state index contributed by atoms with van der Waals surface area (Å²) in [6, 6.07) is 94.7. The number of thiocarbonyl (C=S) groups is 1. The molecule has 4 aromatic heterocycles. The summed E-state index contributed by atoms with van der Waals surface area (Å²) in [7, 11) is 3.23. The number of carbonyl (C=O) groups is 3. The predicted molar refractivity (Wildman–Crippen MR) is 502 cm³/mol. The fourth-order valence-electron chi connectivity index (χ4n) is 13.1. The van der Waals surface area contributed by atoms with Crippen LogP contribution in [0.3, 0.4) is 0 Å². The van der Waals surface area contributed by atoms with Gasteiger partial charge in [-0.05, 0) is 200 Å². The average molecular weight is 1690 g/mol. The molecule has 16 aromatic rings. The zero-order valence-electron chi connectivity index (χ0n) is 69.7. The highest BCUT2D eigenvalue weighted by atomic mass is 32.1. The molecule has 0 aliphatic heterocycles. The van der Waals surface area contributed by atoms with Crippen molar-refractivity contribution in [1.82, 2.24) is 34.7 Å². The third kappa shape index (κ3) is 25.4. The van der Waals surface area contributed by atoms with Gasteiger partial charge in [-0.15, -0.1) is 34.7 Å². The molecular formula is C102H96N10O10S2. The number of carbonyl (C=O) groups excluding carboxylic acids is 3. The van der Waals surface area contributed by atoms with Crippen LogP contribution in [-0.2, 0) is 25.9 Å². The number of ether oxygens (including phenoxy) is 6. The molecule has 0 atom stereocenters. The summed E-state index contributed by atoms with van der Waals surface area (Å²) in [5, 5.41) is 25.9. The number of ketones is 2. The lowest BCUT2D eigenvalue weighted by Gasteiger charge is -2.13. The number of aryl methyl sites for hydroxylation is 1. The van der Waals surface area contributed by atoms with Crippen molar-refractivity contribution in [3.8, 4) is 68.3 Å². The molecule has 12 aromatic carbocycles. The van der Waals surface area contributed by atoms with E-state index in [0.717, 1.165) is 105 Å². The Bertz CT molecular complexity index is 6160. The molecular weight excluding hydrogens is 1590 g/mol. The number of para-hydroxylation sites is 5. The molecule has 1 amide bonds. The Balaban J connectivity index is 0.000000142. The van der Waals surface area contributed by atoms with Crippen molar-refractivity contribution in [2.75, 3.05) is 51.3 Å². The number of oxazole rings is 1. The first-order valence-electron chi connectivity index (χ1n) is 40.4. The zero-order chi connectivity index (χ0) is 86.6. The smallest absolute Gasteiger partial charge is 0.257 e. The summed E-state index contributed by atoms with van der Waals surface area (Å²) >= 11 is 6.70. The van der Waals surface area contributed by atoms with E-state index >= 15 is 0 Å². The van der Waals surface area contributed by atoms with Crippen LogP contribution in [0.2, 0.25) is 0 Å². The normalized spacial score (nSPS) is 10.6. The number of benzene rings is 12. The maximum atomic E-state index is 12.5. The van der Waals surface area contributed by atoms with Gasteiger partial charge in [0, 0.05) is 74.6 Å². The number of nitrogens with zero attached hydrogens (tertiary/aromatic N) is 7. The molecule has 22 heteroatoms. The van der Waals surface area contributed by atoms with E-state index in [1.54, 1.807) is 51.6 Å². The molecule has 16 rings (SSSR count). The number of amides is 1. The molecule has 0 spiro atoms. The SMILES string of the molecule is C=CCc1ccc(OCCCOc2ccccc2C(C)=O)c(OC)c1.C=CCc1ccccc1OCCOc1ccc(/C=N/n2cnnc2)cc1OC.CCCn1c2ccccc2c2cc(C(C)=O)ccc21.O=C(NC(=S)Nc1nc(-c2ccccc2)cs1)c1ccc(-c2ccccc2)cc1.c1ccc(CNc2ccc(-c3nc4ccccc4o3)cc2)cc1. The van der Waals surface area contributed by atoms with Crippen LogP contribution in [0.1, 0.15) is 86.9 Å². The number of nitrogens with one attached hydrogen (secondary N) is 3. The van der Waals surface area contributed by atoms with Gasteiger partial charge in [-0.3, -0.25) is 19.7 Å². The number of hydrogen-bond acceptors (Lipinski definition) is 18. The Morgan fingerprint density at radius 2 is 1.11 bits per heavy atom. The second-order valence-corrected chi connectivity index (χ2v) is 29.3. The van der Waals surface area contributed by atoms with Crippen molar-refractivity contribution in [2.24, 2.45) is 5.10 Å². The lowest BCUT2D eigenvalue weighted by atomic mass is 10.0. The van der Waals surface area contributed by atoms with Crippen molar-refractivity contribution in [3.05, 3.63) is 373 Å². The van der Waals surface area contributed by atoms with Gasteiger partial charge in [-0.25, -0.2) is 14.6 Å². The van der Waals surface area contributed by atoms with E-state index in [9.17, 15) is 14.4 Å². The molecule has 3 N–H and O–H groups in total. The van der Waals surface area contributed by atoms with Crippen molar-refractivity contribution < 1.29 is 47.2 Å². The van der Waals surface area contributed by atoms with Crippen LogP contribution in [0.15, 0.2) is 344 Å². The average Bonchev–Trinajstić information content (AvgIpc) is 1.61. The van der Waals surface area contributed by atoms with Gasteiger partial charge in [0.15, 0.2) is 50.4 Å². The monoisotopic (exact) mass is 1680 g/mol. The van der Waals surface area contributed by atoms with E-state index < -0.39 is 0 Å². The summed E-state index contributed by atoms with van der Waals surface area (Å²) in [4.78, 5) is 44.6. The van der Waals surface area contributed by atoms with E-state index in [1.165, 1.54) is 63.0 Å². The van der Waals surface area contributed by atoms with Crippen molar-refractivity contribution in [1.29, 1.82) is 0 Å². The Hall–Kier alpha value is -14.9. The van der Waals surface area contributed by atoms with E-state index in [2.05, 4.69) is 108 Å². The highest BCUT2D eigenvalue weighted by molar-refractivity contribution is 7.80. The Morgan fingerprint density at radius 3 is 1.81 bits per heavy atom. The molecule has 0 saturated carbocycles. The van der Waals surface area contributed by atoms with E-state index in [4.69, 9.17) is 45.1 Å². The number of rotatable bonds is 31. The summed E-state index contributed by atoms with van der Waals surface area (Å²) in [5.74, 6) is 4.65. The topological polar surface area (TPSA) is 230 Å². The highest BCUT2D eigenvalue weighted by Gasteiger charge is 2.16. The molecule has 4 heterocycles. The molecule has 0 radical (unpaired) electrons. The fourth-order valence-corrected chi connectivity index (χ4v) is 14.0. The van der Waals surface area contributed by atoms with E-state index in [1.807, 2.05) is 242 Å². The van der Waals surface area contributed by atoms with Gasteiger partial charge in [-0.1, -0.05) is 189 Å². The number of Topliss-reactive ketones (excluding diaryl/α,β-unsaturated/α-hetero) is 2. The maximum absolute atomic E-state index is 12.5. The quantitative estimate of drug-likeness (QED) is 0.0121. The lowest BCUT2D eigenvalue weighted by molar-refractivity contribution is 0.0974. The minimum absolute atomic E-state index is 0.00352. The third-order valence-corrected chi connectivity index (χ3v) is 20.2. The standard InChI is InChI=1S/C23H17N3OS2.C21H22N4O3.C21H24O4.C20H16N2O.C17H17NO/c27-21(19-13-11-17(12-14-19)16-7-3-1-4-8-16)25-22(28)26-23-24-20(15-29-23)18-9-5-2-6-10-18;1-3-6-18-7-4-5-8-19(18)27-11-12-28-20-10-9-17(13-21(20)26-2)14-24-25-15-22-23-16-25;1-4-8-17-11-12-20(21(15-17)23-3)25-14-7-13-24-19-10-6-5-9-18(19)16(2)22;1-2-6-15(7-3-1)14-21-17-12-10-16(11-13-17)20-22-18-8-4-5-9-19(18)23-20;1-3-10-18-16-7-5-4-6-14(16)15-11-13(12(2)19)8-9-17(15)18/h1-15H,(H2,24,25,26,27,28);3-5,7-10,13-16H,1,6,11-12H2,2H3;4-6,9-12,15H,1,7-8,13-14H2,2-3H3;1-13,21H,14H2;4-9,11H,3,10H2,1-2H3/b;24-14+;;;. The van der Waals surface area contributed by atoms with Crippen LogP contribution >= 0.6 is 23.6 Å². The van der Waals surface area contributed by atoms with Crippen LogP contribution < -0.4 is 44.4 Å².